The van der Waals surface area contributed by atoms with Crippen LogP contribution < -0.4 is 5.32 Å². The molecule has 2 aromatic rings. The van der Waals surface area contributed by atoms with Crippen LogP contribution in [0, 0.1) is 5.82 Å². The fourth-order valence-corrected chi connectivity index (χ4v) is 2.22. The number of hydrogen-bond donors (Lipinski definition) is 1. The quantitative estimate of drug-likeness (QED) is 0.685. The molecule has 0 fully saturated rings. The van der Waals surface area contributed by atoms with Gasteiger partial charge in [0.25, 0.3) is 0 Å². The zero-order valence-corrected chi connectivity index (χ0v) is 12.0. The number of hydrogen-bond acceptors (Lipinski definition) is 1. The van der Waals surface area contributed by atoms with E-state index >= 15 is 0 Å². The van der Waals surface area contributed by atoms with E-state index < -0.39 is 0 Å². The first-order valence-corrected chi connectivity index (χ1v) is 7.35. The van der Waals surface area contributed by atoms with Crippen molar-refractivity contribution < 1.29 is 4.39 Å². The number of rotatable bonds is 7. The zero-order chi connectivity index (χ0) is 14.2. The summed E-state index contributed by atoms with van der Waals surface area (Å²) in [6.45, 7) is 2.87. The summed E-state index contributed by atoms with van der Waals surface area (Å²) in [5.74, 6) is -0.185. The van der Waals surface area contributed by atoms with E-state index in [1.807, 2.05) is 6.07 Å². The smallest absolute Gasteiger partial charge is 0.123 e. The maximum Gasteiger partial charge on any atom is 0.123 e. The monoisotopic (exact) mass is 271 g/mol. The maximum absolute atomic E-state index is 13.1. The average Bonchev–Trinajstić information content (AvgIpc) is 2.47. The molecule has 106 valence electrons. The molecule has 0 saturated carbocycles. The lowest BCUT2D eigenvalue weighted by Crippen LogP contribution is -1.99. The van der Waals surface area contributed by atoms with Crippen LogP contribution in [-0.2, 0) is 13.0 Å². The molecule has 0 saturated heterocycles. The van der Waals surface area contributed by atoms with Gasteiger partial charge in [-0.05, 0) is 48.2 Å². The molecule has 0 aromatic heterocycles. The Labute approximate surface area is 120 Å². The summed E-state index contributed by atoms with van der Waals surface area (Å²) in [6.07, 6.45) is 4.96. The van der Waals surface area contributed by atoms with E-state index in [1.165, 1.54) is 30.9 Å². The number of anilines is 1. The molecule has 0 spiro atoms. The normalized spacial score (nSPS) is 10.5. The third kappa shape index (κ3) is 4.69. The van der Waals surface area contributed by atoms with Gasteiger partial charge < -0.3 is 5.32 Å². The van der Waals surface area contributed by atoms with Gasteiger partial charge in [0.2, 0.25) is 0 Å². The van der Waals surface area contributed by atoms with Gasteiger partial charge in [0.1, 0.15) is 5.82 Å². The molecular formula is C18H22FN. The van der Waals surface area contributed by atoms with Crippen LogP contribution in [-0.4, -0.2) is 0 Å². The van der Waals surface area contributed by atoms with Gasteiger partial charge in [0.05, 0.1) is 0 Å². The second-order valence-corrected chi connectivity index (χ2v) is 5.14. The highest BCUT2D eigenvalue weighted by Crippen LogP contribution is 2.14. The first-order valence-electron chi connectivity index (χ1n) is 7.35. The van der Waals surface area contributed by atoms with Crippen molar-refractivity contribution in [3.8, 4) is 0 Å². The van der Waals surface area contributed by atoms with Crippen molar-refractivity contribution in [3.05, 3.63) is 65.5 Å². The standard InChI is InChI=1S/C18H22FN/c1-2-3-4-6-15-9-11-18(12-10-15)20-14-16-7-5-8-17(19)13-16/h5,7-13,20H,2-4,6,14H2,1H3. The van der Waals surface area contributed by atoms with Gasteiger partial charge in [-0.2, -0.15) is 0 Å². The van der Waals surface area contributed by atoms with Gasteiger partial charge in [-0.15, -0.1) is 0 Å². The van der Waals surface area contributed by atoms with Gasteiger partial charge in [-0.1, -0.05) is 44.0 Å². The summed E-state index contributed by atoms with van der Waals surface area (Å²) in [7, 11) is 0. The SMILES string of the molecule is CCCCCc1ccc(NCc2cccc(F)c2)cc1. The van der Waals surface area contributed by atoms with Crippen LogP contribution in [0.4, 0.5) is 10.1 Å². The minimum Gasteiger partial charge on any atom is -0.381 e. The number of halogens is 1. The second kappa shape index (κ2) is 7.68. The summed E-state index contributed by atoms with van der Waals surface area (Å²) in [4.78, 5) is 0. The van der Waals surface area contributed by atoms with E-state index in [-0.39, 0.29) is 5.82 Å². The Hall–Kier alpha value is -1.83. The molecule has 2 aromatic carbocycles. The fraction of sp³-hybridized carbons (Fsp3) is 0.333. The number of benzene rings is 2. The van der Waals surface area contributed by atoms with E-state index in [0.717, 1.165) is 17.7 Å². The summed E-state index contributed by atoms with van der Waals surface area (Å²) in [6, 6.07) is 15.2. The van der Waals surface area contributed by atoms with E-state index in [2.05, 4.69) is 36.5 Å². The lowest BCUT2D eigenvalue weighted by Gasteiger charge is -2.08. The predicted octanol–water partition coefficient (Wildman–Crippen LogP) is 5.17. The summed E-state index contributed by atoms with van der Waals surface area (Å²) in [5, 5.41) is 3.32. The zero-order valence-electron chi connectivity index (χ0n) is 12.0. The third-order valence-electron chi connectivity index (χ3n) is 3.41. The van der Waals surface area contributed by atoms with Crippen LogP contribution in [0.15, 0.2) is 48.5 Å². The van der Waals surface area contributed by atoms with Crippen LogP contribution >= 0.6 is 0 Å². The van der Waals surface area contributed by atoms with Crippen molar-refractivity contribution in [1.82, 2.24) is 0 Å². The molecule has 0 aliphatic carbocycles. The number of nitrogens with one attached hydrogen (secondary N) is 1. The van der Waals surface area contributed by atoms with Crippen LogP contribution in [0.3, 0.4) is 0 Å². The third-order valence-corrected chi connectivity index (χ3v) is 3.41. The lowest BCUT2D eigenvalue weighted by atomic mass is 10.1. The van der Waals surface area contributed by atoms with Crippen molar-refractivity contribution in [1.29, 1.82) is 0 Å². The number of aryl methyl sites for hydroxylation is 1. The van der Waals surface area contributed by atoms with Gasteiger partial charge in [0.15, 0.2) is 0 Å². The molecule has 2 rings (SSSR count). The molecule has 0 aliphatic rings. The minimum atomic E-state index is -0.185. The Balaban J connectivity index is 1.84. The lowest BCUT2D eigenvalue weighted by molar-refractivity contribution is 0.626. The highest BCUT2D eigenvalue weighted by molar-refractivity contribution is 5.45. The van der Waals surface area contributed by atoms with Gasteiger partial charge in [-0.3, -0.25) is 0 Å². The predicted molar refractivity (Wildman–Crippen MR) is 83.4 cm³/mol. The van der Waals surface area contributed by atoms with Crippen molar-refractivity contribution in [2.24, 2.45) is 0 Å². The first-order chi connectivity index (χ1) is 9.78. The largest absolute Gasteiger partial charge is 0.381 e. The van der Waals surface area contributed by atoms with E-state index in [0.29, 0.717) is 6.54 Å². The Bertz CT molecular complexity index is 519. The molecule has 1 N–H and O–H groups in total. The minimum absolute atomic E-state index is 0.185. The topological polar surface area (TPSA) is 12.0 Å². The molecule has 2 heteroatoms. The molecule has 0 aliphatic heterocycles. The van der Waals surface area contributed by atoms with Crippen LogP contribution in [0.2, 0.25) is 0 Å². The molecule has 20 heavy (non-hydrogen) atoms. The first kappa shape index (κ1) is 14.6. The second-order valence-electron chi connectivity index (χ2n) is 5.14. The molecule has 0 atom stereocenters. The van der Waals surface area contributed by atoms with Crippen LogP contribution in [0.25, 0.3) is 0 Å². The Morgan fingerprint density at radius 3 is 2.45 bits per heavy atom. The number of unbranched alkanes of at least 4 members (excludes halogenated alkanes) is 2. The summed E-state index contributed by atoms with van der Waals surface area (Å²) in [5.41, 5.74) is 3.42. The van der Waals surface area contributed by atoms with Crippen LogP contribution in [0.1, 0.15) is 37.3 Å². The van der Waals surface area contributed by atoms with Crippen molar-refractivity contribution in [2.75, 3.05) is 5.32 Å². The molecule has 0 radical (unpaired) electrons. The Morgan fingerprint density at radius 2 is 1.75 bits per heavy atom. The molecule has 1 nitrogen and oxygen atoms in total. The fourth-order valence-electron chi connectivity index (χ4n) is 2.22. The van der Waals surface area contributed by atoms with Crippen molar-refractivity contribution in [3.63, 3.8) is 0 Å². The Morgan fingerprint density at radius 1 is 0.950 bits per heavy atom. The average molecular weight is 271 g/mol. The van der Waals surface area contributed by atoms with Gasteiger partial charge >= 0.3 is 0 Å². The molecular weight excluding hydrogens is 249 g/mol. The highest BCUT2D eigenvalue weighted by Gasteiger charge is 1.97. The van der Waals surface area contributed by atoms with Gasteiger partial charge in [-0.25, -0.2) is 4.39 Å². The van der Waals surface area contributed by atoms with Gasteiger partial charge in [0, 0.05) is 12.2 Å². The summed E-state index contributed by atoms with van der Waals surface area (Å²) < 4.78 is 13.1. The molecule has 0 unspecified atom stereocenters. The van der Waals surface area contributed by atoms with Crippen molar-refractivity contribution >= 4 is 5.69 Å². The van der Waals surface area contributed by atoms with Crippen LogP contribution in [0.5, 0.6) is 0 Å². The Kier molecular flexibility index (Phi) is 5.60. The molecule has 0 bridgehead atoms. The van der Waals surface area contributed by atoms with E-state index in [4.69, 9.17) is 0 Å². The molecule has 0 amide bonds. The highest BCUT2D eigenvalue weighted by atomic mass is 19.1. The maximum atomic E-state index is 13.1. The van der Waals surface area contributed by atoms with E-state index in [9.17, 15) is 4.39 Å². The molecule has 0 heterocycles. The summed E-state index contributed by atoms with van der Waals surface area (Å²) >= 11 is 0. The van der Waals surface area contributed by atoms with Crippen molar-refractivity contribution in [2.45, 2.75) is 39.2 Å². The van der Waals surface area contributed by atoms with E-state index in [1.54, 1.807) is 12.1 Å².